The Hall–Kier alpha value is -4.71. The molecule has 0 aliphatic rings. The van der Waals surface area contributed by atoms with Crippen LogP contribution in [0.15, 0.2) is 109 Å². The molecule has 0 aliphatic carbocycles. The molecule has 0 unspecified atom stereocenters. The molecule has 4 aromatic rings. The minimum atomic E-state index is -0.531. The van der Waals surface area contributed by atoms with Crippen molar-refractivity contribution in [3.8, 4) is 11.1 Å². The van der Waals surface area contributed by atoms with E-state index in [-0.39, 0.29) is 12.1 Å². The summed E-state index contributed by atoms with van der Waals surface area (Å²) in [6.45, 7) is -0.270. The molecule has 0 bridgehead atoms. The summed E-state index contributed by atoms with van der Waals surface area (Å²) in [7, 11) is 0. The Morgan fingerprint density at radius 1 is 0.686 bits per heavy atom. The fourth-order valence-electron chi connectivity index (χ4n) is 3.45. The van der Waals surface area contributed by atoms with Crippen LogP contribution in [0.2, 0.25) is 0 Å². The lowest BCUT2D eigenvalue weighted by Gasteiger charge is -2.14. The maximum atomic E-state index is 13.3. The maximum absolute atomic E-state index is 13.3. The van der Waals surface area contributed by atoms with E-state index in [9.17, 15) is 14.0 Å². The van der Waals surface area contributed by atoms with E-state index in [1.54, 1.807) is 0 Å². The van der Waals surface area contributed by atoms with Gasteiger partial charge >= 0.3 is 0 Å². The molecule has 0 aliphatic heterocycles. The first-order chi connectivity index (χ1) is 17.1. The van der Waals surface area contributed by atoms with Gasteiger partial charge in [0.05, 0.1) is 12.2 Å². The van der Waals surface area contributed by atoms with E-state index in [1.807, 2.05) is 91.0 Å². The molecular formula is C29H24FN3O2. The Balaban J connectivity index is 1.44. The molecule has 0 saturated heterocycles. The number of carbonyl (C=O) groups excluding carboxylic acids is 2. The van der Waals surface area contributed by atoms with Gasteiger partial charge in [0.2, 0.25) is 0 Å². The van der Waals surface area contributed by atoms with Crippen LogP contribution in [0, 0.1) is 5.82 Å². The molecule has 0 heterocycles. The Labute approximate surface area is 203 Å². The first-order valence-corrected chi connectivity index (χ1v) is 11.1. The van der Waals surface area contributed by atoms with Crippen molar-refractivity contribution < 1.29 is 14.0 Å². The van der Waals surface area contributed by atoms with E-state index in [0.29, 0.717) is 5.70 Å². The third kappa shape index (κ3) is 6.65. The monoisotopic (exact) mass is 465 g/mol. The molecule has 0 atom stereocenters. The van der Waals surface area contributed by atoms with E-state index >= 15 is 0 Å². The summed E-state index contributed by atoms with van der Waals surface area (Å²) in [6, 6.07) is 33.1. The van der Waals surface area contributed by atoms with E-state index in [2.05, 4.69) is 16.2 Å². The van der Waals surface area contributed by atoms with Gasteiger partial charge in [-0.2, -0.15) is 0 Å². The van der Waals surface area contributed by atoms with Gasteiger partial charge < -0.3 is 5.32 Å². The second-order valence-corrected chi connectivity index (χ2v) is 7.78. The Kier molecular flexibility index (Phi) is 7.66. The normalized spacial score (nSPS) is 10.9. The van der Waals surface area contributed by atoms with Crippen molar-refractivity contribution in [2.24, 2.45) is 0 Å². The van der Waals surface area contributed by atoms with Crippen LogP contribution in [0.3, 0.4) is 0 Å². The third-order valence-corrected chi connectivity index (χ3v) is 5.25. The highest BCUT2D eigenvalue weighted by atomic mass is 19.1. The van der Waals surface area contributed by atoms with E-state index < -0.39 is 17.6 Å². The number of nitrogens with one attached hydrogen (secondary N) is 3. The zero-order valence-corrected chi connectivity index (χ0v) is 18.9. The predicted octanol–water partition coefficient (Wildman–Crippen LogP) is 5.04. The molecule has 0 radical (unpaired) electrons. The largest absolute Gasteiger partial charge is 0.343 e. The minimum Gasteiger partial charge on any atom is -0.343 e. The van der Waals surface area contributed by atoms with Crippen LogP contribution in [0.5, 0.6) is 0 Å². The quantitative estimate of drug-likeness (QED) is 0.252. The summed E-state index contributed by atoms with van der Waals surface area (Å²) in [5.74, 6) is -1.50. The summed E-state index contributed by atoms with van der Waals surface area (Å²) in [4.78, 5) is 24.5. The average Bonchev–Trinajstić information content (AvgIpc) is 2.91. The van der Waals surface area contributed by atoms with Crippen LogP contribution in [0.1, 0.15) is 21.5 Å². The van der Waals surface area contributed by atoms with Gasteiger partial charge in [-0.25, -0.2) is 4.39 Å². The molecule has 4 rings (SSSR count). The topological polar surface area (TPSA) is 70.2 Å². The fraction of sp³-hybridized carbons (Fsp3) is 0.0345. The highest BCUT2D eigenvalue weighted by Gasteiger charge is 2.10. The summed E-state index contributed by atoms with van der Waals surface area (Å²) in [5, 5.41) is 2.49. The number of amides is 2. The highest BCUT2D eigenvalue weighted by molar-refractivity contribution is 5.96. The summed E-state index contributed by atoms with van der Waals surface area (Å²) < 4.78 is 13.3. The molecule has 2 amide bonds. The summed E-state index contributed by atoms with van der Waals surface area (Å²) in [5.41, 5.74) is 10.4. The Morgan fingerprint density at radius 2 is 1.34 bits per heavy atom. The Morgan fingerprint density at radius 3 is 2.03 bits per heavy atom. The lowest BCUT2D eigenvalue weighted by molar-refractivity contribution is -0.120. The number of halogens is 1. The highest BCUT2D eigenvalue weighted by Crippen LogP contribution is 2.22. The van der Waals surface area contributed by atoms with Crippen LogP contribution in [-0.4, -0.2) is 18.4 Å². The third-order valence-electron chi connectivity index (χ3n) is 5.25. The molecule has 0 aromatic heterocycles. The van der Waals surface area contributed by atoms with Crippen molar-refractivity contribution in [1.29, 1.82) is 0 Å². The first-order valence-electron chi connectivity index (χ1n) is 11.1. The number of carbonyl (C=O) groups is 2. The van der Waals surface area contributed by atoms with Crippen molar-refractivity contribution in [1.82, 2.24) is 16.2 Å². The van der Waals surface area contributed by atoms with Gasteiger partial charge in [0.15, 0.2) is 0 Å². The van der Waals surface area contributed by atoms with Gasteiger partial charge in [0.25, 0.3) is 11.8 Å². The molecule has 4 aromatic carbocycles. The number of benzene rings is 4. The number of rotatable bonds is 8. The van der Waals surface area contributed by atoms with E-state index in [0.717, 1.165) is 28.3 Å². The van der Waals surface area contributed by atoms with Crippen LogP contribution in [0.25, 0.3) is 22.9 Å². The van der Waals surface area contributed by atoms with Gasteiger partial charge in [-0.1, -0.05) is 91.0 Å². The second kappa shape index (κ2) is 11.4. The van der Waals surface area contributed by atoms with Crippen molar-refractivity contribution >= 4 is 23.6 Å². The smallest absolute Gasteiger partial charge is 0.257 e. The minimum absolute atomic E-state index is 0.147. The number of hydrogen-bond donors (Lipinski definition) is 3. The van der Waals surface area contributed by atoms with Crippen molar-refractivity contribution in [2.75, 3.05) is 6.54 Å². The van der Waals surface area contributed by atoms with Gasteiger partial charge in [0.1, 0.15) is 5.82 Å². The zero-order chi connectivity index (χ0) is 24.5. The van der Waals surface area contributed by atoms with Crippen molar-refractivity contribution in [3.63, 3.8) is 0 Å². The molecule has 0 fully saturated rings. The average molecular weight is 466 g/mol. The zero-order valence-electron chi connectivity index (χ0n) is 18.9. The van der Waals surface area contributed by atoms with Crippen molar-refractivity contribution in [3.05, 3.63) is 132 Å². The molecule has 35 heavy (non-hydrogen) atoms. The van der Waals surface area contributed by atoms with Crippen LogP contribution < -0.4 is 16.2 Å². The van der Waals surface area contributed by atoms with E-state index in [4.69, 9.17) is 0 Å². The lowest BCUT2D eigenvalue weighted by Crippen LogP contribution is -2.43. The molecule has 0 spiro atoms. The lowest BCUT2D eigenvalue weighted by atomic mass is 10.0. The van der Waals surface area contributed by atoms with Crippen LogP contribution in [-0.2, 0) is 4.79 Å². The van der Waals surface area contributed by atoms with E-state index in [1.165, 1.54) is 18.2 Å². The number of hydrazine groups is 1. The molecule has 5 nitrogen and oxygen atoms in total. The van der Waals surface area contributed by atoms with Gasteiger partial charge in [-0.15, -0.1) is 0 Å². The molecule has 174 valence electrons. The Bertz CT molecular complexity index is 1320. The van der Waals surface area contributed by atoms with Gasteiger partial charge in [-0.3, -0.25) is 20.4 Å². The maximum Gasteiger partial charge on any atom is 0.257 e. The standard InChI is InChI=1S/C29H24FN3O2/c30-26-13-7-12-25(19-26)29(35)31-20-28(34)33-32-27(18-21-8-3-1-4-9-21)24-16-14-23(15-17-24)22-10-5-2-6-11-22/h1-19,32H,20H2,(H,31,35)(H,33,34). The second-order valence-electron chi connectivity index (χ2n) is 7.78. The van der Waals surface area contributed by atoms with Crippen LogP contribution >= 0.6 is 0 Å². The summed E-state index contributed by atoms with van der Waals surface area (Å²) in [6.07, 6.45) is 1.92. The van der Waals surface area contributed by atoms with Gasteiger partial charge in [-0.05, 0) is 46.5 Å². The van der Waals surface area contributed by atoms with Gasteiger partial charge in [0, 0.05) is 5.56 Å². The fourth-order valence-corrected chi connectivity index (χ4v) is 3.45. The van der Waals surface area contributed by atoms with Crippen molar-refractivity contribution in [2.45, 2.75) is 0 Å². The molecule has 0 saturated carbocycles. The first kappa shape index (κ1) is 23.4. The molecule has 6 heteroatoms. The summed E-state index contributed by atoms with van der Waals surface area (Å²) >= 11 is 0. The molecule has 3 N–H and O–H groups in total. The number of hydrogen-bond acceptors (Lipinski definition) is 3. The SMILES string of the molecule is O=C(CNC(=O)c1cccc(F)c1)NNC(=Cc1ccccc1)c1ccc(-c2ccccc2)cc1. The predicted molar refractivity (Wildman–Crippen MR) is 136 cm³/mol. The molecular weight excluding hydrogens is 441 g/mol. The van der Waals surface area contributed by atoms with Crippen LogP contribution in [0.4, 0.5) is 4.39 Å².